The van der Waals surface area contributed by atoms with E-state index in [4.69, 9.17) is 0 Å². The molecule has 0 spiro atoms. The Labute approximate surface area is 158 Å². The van der Waals surface area contributed by atoms with E-state index in [9.17, 15) is 0 Å². The molecule has 2 aliphatic rings. The third-order valence-corrected chi connectivity index (χ3v) is 2.67. The summed E-state index contributed by atoms with van der Waals surface area (Å²) in [5.41, 5.74) is 0. The number of rotatable bonds is 0. The fourth-order valence-electron chi connectivity index (χ4n) is 1.71. The van der Waals surface area contributed by atoms with E-state index in [-0.39, 0.29) is 59.0 Å². The van der Waals surface area contributed by atoms with Gasteiger partial charge in [0.1, 0.15) is 0 Å². The Balaban J connectivity index is -0.000000107. The molecule has 0 heterocycles. The van der Waals surface area contributed by atoms with Gasteiger partial charge in [-0.1, -0.05) is 48.6 Å². The van der Waals surface area contributed by atoms with Crippen LogP contribution in [-0.4, -0.2) is 0 Å². The Bertz CT molecular complexity index is 192. The van der Waals surface area contributed by atoms with Gasteiger partial charge in [-0.2, -0.15) is 0 Å². The number of allylic oxidation sites excluding steroid dienone is 8. The van der Waals surface area contributed by atoms with E-state index in [1.807, 2.05) is 0 Å². The van der Waals surface area contributed by atoms with Crippen LogP contribution >= 0.6 is 0 Å². The molecule has 0 atom stereocenters. The number of hydrogen-bond donors (Lipinski definition) is 0. The maximum Gasteiger partial charge on any atom is 1.00 e. The van der Waals surface area contributed by atoms with Gasteiger partial charge in [-0.3, -0.25) is 0 Å². The zero-order valence-corrected chi connectivity index (χ0v) is 15.0. The first-order valence-electron chi connectivity index (χ1n) is 6.60. The molecule has 0 nitrogen and oxygen atoms in total. The molecular weight excluding hydrogens is 390 g/mol. The fraction of sp³-hybridized carbons (Fsp3) is 0.500. The van der Waals surface area contributed by atoms with Crippen molar-refractivity contribution < 1.29 is 59.0 Å². The molecule has 0 aromatic rings. The van der Waals surface area contributed by atoms with E-state index in [1.54, 1.807) is 0 Å². The molecule has 0 aliphatic heterocycles. The van der Waals surface area contributed by atoms with Gasteiger partial charge in [-0.05, 0) is 51.4 Å². The number of hydrogen-bond acceptors (Lipinski definition) is 0. The Morgan fingerprint density at radius 3 is 0.500 bits per heavy atom. The van der Waals surface area contributed by atoms with Gasteiger partial charge in [0, 0.05) is 0 Å². The van der Waals surface area contributed by atoms with E-state index in [0.29, 0.717) is 0 Å². The van der Waals surface area contributed by atoms with Crippen molar-refractivity contribution in [2.75, 3.05) is 0 Å². The largest absolute Gasteiger partial charge is 1.00 e. The molecular formula is C16H24Cl2Cu2. The maximum absolute atomic E-state index is 2.27. The van der Waals surface area contributed by atoms with Crippen LogP contribution in [0.15, 0.2) is 48.6 Å². The normalized spacial score (nSPS) is 22.4. The summed E-state index contributed by atoms with van der Waals surface area (Å²) >= 11 is 0. The van der Waals surface area contributed by atoms with Gasteiger partial charge in [0.15, 0.2) is 0 Å². The Kier molecular flexibility index (Phi) is 35.3. The Morgan fingerprint density at radius 2 is 0.400 bits per heavy atom. The van der Waals surface area contributed by atoms with Crippen LogP contribution in [0.5, 0.6) is 0 Å². The van der Waals surface area contributed by atoms with Crippen molar-refractivity contribution in [3.63, 3.8) is 0 Å². The molecule has 0 radical (unpaired) electrons. The zero-order valence-electron chi connectivity index (χ0n) is 11.6. The van der Waals surface area contributed by atoms with Crippen molar-refractivity contribution in [1.82, 2.24) is 0 Å². The van der Waals surface area contributed by atoms with Gasteiger partial charge >= 0.3 is 34.1 Å². The second-order valence-electron chi connectivity index (χ2n) is 4.20. The summed E-state index contributed by atoms with van der Waals surface area (Å²) in [4.78, 5) is 0. The minimum atomic E-state index is 0. The molecule has 0 amide bonds. The summed E-state index contributed by atoms with van der Waals surface area (Å²) in [5, 5.41) is 0. The first kappa shape index (κ1) is 28.7. The van der Waals surface area contributed by atoms with Crippen LogP contribution in [0, 0.1) is 0 Å². The van der Waals surface area contributed by atoms with Crippen LogP contribution in [0.25, 0.3) is 0 Å². The fourth-order valence-corrected chi connectivity index (χ4v) is 1.71. The molecule has 4 heteroatoms. The van der Waals surface area contributed by atoms with Crippen molar-refractivity contribution in [2.24, 2.45) is 0 Å². The summed E-state index contributed by atoms with van der Waals surface area (Å²) in [7, 11) is 0. The summed E-state index contributed by atoms with van der Waals surface area (Å²) < 4.78 is 0. The predicted molar refractivity (Wildman–Crippen MR) is 73.5 cm³/mol. The molecule has 124 valence electrons. The maximum atomic E-state index is 2.27. The quantitative estimate of drug-likeness (QED) is 0.365. The van der Waals surface area contributed by atoms with Gasteiger partial charge in [0.05, 0.1) is 0 Å². The molecule has 0 unspecified atom stereocenters. The molecule has 0 aromatic carbocycles. The average Bonchev–Trinajstić information content (AvgIpc) is 2.15. The van der Waals surface area contributed by atoms with Crippen LogP contribution in [0.4, 0.5) is 0 Å². The summed E-state index contributed by atoms with van der Waals surface area (Å²) in [6, 6.07) is 0. The van der Waals surface area contributed by atoms with Crippen LogP contribution < -0.4 is 24.8 Å². The van der Waals surface area contributed by atoms with E-state index >= 15 is 0 Å². The topological polar surface area (TPSA) is 0 Å². The molecule has 0 saturated carbocycles. The van der Waals surface area contributed by atoms with Crippen molar-refractivity contribution >= 4 is 0 Å². The average molecular weight is 414 g/mol. The van der Waals surface area contributed by atoms with Crippen molar-refractivity contribution in [2.45, 2.75) is 51.4 Å². The van der Waals surface area contributed by atoms with Crippen molar-refractivity contribution in [3.05, 3.63) is 48.6 Å². The predicted octanol–water partition coefficient (Wildman–Crippen LogP) is -0.651. The Morgan fingerprint density at radius 1 is 0.300 bits per heavy atom. The molecule has 0 bridgehead atoms. The second-order valence-corrected chi connectivity index (χ2v) is 4.20. The summed E-state index contributed by atoms with van der Waals surface area (Å²) in [5.74, 6) is 0. The third kappa shape index (κ3) is 20.9. The van der Waals surface area contributed by atoms with Gasteiger partial charge in [-0.15, -0.1) is 0 Å². The minimum absolute atomic E-state index is 0. The van der Waals surface area contributed by atoms with Crippen LogP contribution in [0.2, 0.25) is 0 Å². The standard InChI is InChI=1S/2C8H12.2ClH.2Cu/c2*1-2-4-6-8-7-5-3-1;;;;/h2*1-2,7-8H,3-6H2;2*1H;;/q;;;;2*+1/p-2/b2*2-1-,8-7-;;;;. The van der Waals surface area contributed by atoms with E-state index in [2.05, 4.69) is 48.6 Å². The molecule has 0 aromatic heterocycles. The first-order chi connectivity index (χ1) is 8.00. The van der Waals surface area contributed by atoms with Gasteiger partial charge in [-0.25, -0.2) is 0 Å². The molecule has 2 rings (SSSR count). The molecule has 0 N–H and O–H groups in total. The monoisotopic (exact) mass is 412 g/mol. The molecule has 0 saturated heterocycles. The SMILES string of the molecule is C1=C\CC/C=C\CC/1.C1=C\CC/C=C\CC/1.[Cl-].[Cl-].[Cu+].[Cu+]. The number of halogens is 2. The second kappa shape index (κ2) is 24.6. The summed E-state index contributed by atoms with van der Waals surface area (Å²) in [6.45, 7) is 0. The molecule has 0 fully saturated rings. The van der Waals surface area contributed by atoms with Crippen LogP contribution in [0.1, 0.15) is 51.4 Å². The van der Waals surface area contributed by atoms with Gasteiger partial charge < -0.3 is 24.8 Å². The first-order valence-corrected chi connectivity index (χ1v) is 6.60. The van der Waals surface area contributed by atoms with Crippen LogP contribution in [-0.2, 0) is 34.1 Å². The van der Waals surface area contributed by atoms with E-state index in [1.165, 1.54) is 51.4 Å². The van der Waals surface area contributed by atoms with E-state index in [0.717, 1.165) is 0 Å². The smallest absolute Gasteiger partial charge is 1.00 e. The third-order valence-electron chi connectivity index (χ3n) is 2.67. The van der Waals surface area contributed by atoms with Crippen LogP contribution in [0.3, 0.4) is 0 Å². The minimum Gasteiger partial charge on any atom is -1.00 e. The van der Waals surface area contributed by atoms with Crippen molar-refractivity contribution in [1.29, 1.82) is 0 Å². The van der Waals surface area contributed by atoms with Gasteiger partial charge in [0.25, 0.3) is 0 Å². The van der Waals surface area contributed by atoms with E-state index < -0.39 is 0 Å². The molecule has 20 heavy (non-hydrogen) atoms. The van der Waals surface area contributed by atoms with Gasteiger partial charge in [0.2, 0.25) is 0 Å². The summed E-state index contributed by atoms with van der Waals surface area (Å²) in [6.07, 6.45) is 28.0. The zero-order chi connectivity index (χ0) is 11.3. The Hall–Kier alpha value is 0.579. The molecule has 2 aliphatic carbocycles. The van der Waals surface area contributed by atoms with Crippen molar-refractivity contribution in [3.8, 4) is 0 Å².